The smallest absolute Gasteiger partial charge is 0.167 e. The number of fused-ring (bicyclic) bond motifs is 1. The van der Waals surface area contributed by atoms with Gasteiger partial charge in [0.05, 0.1) is 12.6 Å². The quantitative estimate of drug-likeness (QED) is 0.729. The SMILES string of the molecule is COc1cc2c(N3CCC(Cn4cccn4)CC3)ccnc2cc1F. The van der Waals surface area contributed by atoms with Crippen LogP contribution in [0.25, 0.3) is 10.9 Å². The zero-order chi connectivity index (χ0) is 17.2. The first-order valence-corrected chi connectivity index (χ1v) is 8.59. The Hall–Kier alpha value is -2.63. The average molecular weight is 340 g/mol. The van der Waals surface area contributed by atoms with E-state index in [9.17, 15) is 4.39 Å². The van der Waals surface area contributed by atoms with Crippen molar-refractivity contribution in [3.05, 3.63) is 48.7 Å². The number of benzene rings is 1. The predicted octanol–water partition coefficient (Wildman–Crippen LogP) is 3.50. The Bertz CT molecular complexity index is 857. The number of piperidine rings is 1. The molecule has 1 aromatic carbocycles. The van der Waals surface area contributed by atoms with Gasteiger partial charge in [0.25, 0.3) is 0 Å². The molecule has 0 unspecified atom stereocenters. The van der Waals surface area contributed by atoms with E-state index in [4.69, 9.17) is 4.74 Å². The van der Waals surface area contributed by atoms with Crippen molar-refractivity contribution in [2.45, 2.75) is 19.4 Å². The van der Waals surface area contributed by atoms with Crippen molar-refractivity contribution < 1.29 is 9.13 Å². The van der Waals surface area contributed by atoms with Gasteiger partial charge < -0.3 is 9.64 Å². The number of hydrogen-bond acceptors (Lipinski definition) is 4. The van der Waals surface area contributed by atoms with E-state index in [-0.39, 0.29) is 11.6 Å². The molecule has 2 aromatic heterocycles. The molecule has 3 aromatic rings. The van der Waals surface area contributed by atoms with Gasteiger partial charge in [0.1, 0.15) is 0 Å². The fourth-order valence-corrected chi connectivity index (χ4v) is 3.59. The summed E-state index contributed by atoms with van der Waals surface area (Å²) in [5, 5.41) is 5.24. The molecule has 1 saturated heterocycles. The molecule has 6 heteroatoms. The Morgan fingerprint density at radius 1 is 1.24 bits per heavy atom. The third-order valence-corrected chi connectivity index (χ3v) is 4.95. The molecule has 1 fully saturated rings. The Labute approximate surface area is 146 Å². The summed E-state index contributed by atoms with van der Waals surface area (Å²) in [6.45, 7) is 2.92. The molecule has 25 heavy (non-hydrogen) atoms. The van der Waals surface area contributed by atoms with Crippen LogP contribution in [0.4, 0.5) is 10.1 Å². The standard InChI is InChI=1S/C19H21FN4O/c1-25-19-11-15-17(12-16(19)20)21-7-3-18(15)23-9-4-14(5-10-23)13-24-8-2-6-22-24/h2-3,6-8,11-12,14H,4-5,9-10,13H2,1H3. The topological polar surface area (TPSA) is 43.2 Å². The minimum atomic E-state index is -0.377. The van der Waals surface area contributed by atoms with Crippen LogP contribution in [0, 0.1) is 11.7 Å². The average Bonchev–Trinajstić information content (AvgIpc) is 3.14. The maximum atomic E-state index is 13.9. The van der Waals surface area contributed by atoms with Crippen LogP contribution in [0.1, 0.15) is 12.8 Å². The number of rotatable bonds is 4. The van der Waals surface area contributed by atoms with Gasteiger partial charge in [-0.15, -0.1) is 0 Å². The largest absolute Gasteiger partial charge is 0.494 e. The summed E-state index contributed by atoms with van der Waals surface area (Å²) in [4.78, 5) is 6.67. The lowest BCUT2D eigenvalue weighted by Gasteiger charge is -2.34. The second kappa shape index (κ2) is 6.70. The predicted molar refractivity (Wildman–Crippen MR) is 95.4 cm³/mol. The molecule has 0 N–H and O–H groups in total. The van der Waals surface area contributed by atoms with E-state index in [1.165, 1.54) is 13.2 Å². The van der Waals surface area contributed by atoms with Crippen molar-refractivity contribution in [1.82, 2.24) is 14.8 Å². The van der Waals surface area contributed by atoms with Crippen molar-refractivity contribution in [1.29, 1.82) is 0 Å². The molecule has 1 aliphatic heterocycles. The second-order valence-corrected chi connectivity index (χ2v) is 6.49. The maximum absolute atomic E-state index is 13.9. The van der Waals surface area contributed by atoms with Gasteiger partial charge in [-0.1, -0.05) is 0 Å². The van der Waals surface area contributed by atoms with Gasteiger partial charge in [0.15, 0.2) is 11.6 Å². The van der Waals surface area contributed by atoms with Crippen molar-refractivity contribution in [3.63, 3.8) is 0 Å². The molecule has 0 spiro atoms. The summed E-state index contributed by atoms with van der Waals surface area (Å²) < 4.78 is 21.1. The molecule has 130 valence electrons. The van der Waals surface area contributed by atoms with Gasteiger partial charge >= 0.3 is 0 Å². The van der Waals surface area contributed by atoms with E-state index in [1.54, 1.807) is 12.3 Å². The zero-order valence-electron chi connectivity index (χ0n) is 14.2. The van der Waals surface area contributed by atoms with Crippen LogP contribution in [0.5, 0.6) is 5.75 Å². The number of methoxy groups -OCH3 is 1. The minimum absolute atomic E-state index is 0.260. The summed E-state index contributed by atoms with van der Waals surface area (Å²) in [5.41, 5.74) is 1.76. The van der Waals surface area contributed by atoms with E-state index in [0.717, 1.165) is 43.5 Å². The van der Waals surface area contributed by atoms with E-state index in [1.807, 2.05) is 29.2 Å². The Balaban J connectivity index is 1.54. The highest BCUT2D eigenvalue weighted by atomic mass is 19.1. The van der Waals surface area contributed by atoms with Crippen LogP contribution in [0.15, 0.2) is 42.9 Å². The summed E-state index contributed by atoms with van der Waals surface area (Å²) >= 11 is 0. The highest BCUT2D eigenvalue weighted by Crippen LogP contribution is 2.33. The molecule has 0 saturated carbocycles. The molecule has 0 atom stereocenters. The molecule has 0 bridgehead atoms. The van der Waals surface area contributed by atoms with Gasteiger partial charge in [0, 0.05) is 55.4 Å². The van der Waals surface area contributed by atoms with Crippen LogP contribution >= 0.6 is 0 Å². The number of anilines is 1. The maximum Gasteiger partial charge on any atom is 0.167 e. The first-order chi connectivity index (χ1) is 12.2. The monoisotopic (exact) mass is 340 g/mol. The van der Waals surface area contributed by atoms with Crippen LogP contribution in [0.3, 0.4) is 0 Å². The van der Waals surface area contributed by atoms with Gasteiger partial charge in [-0.2, -0.15) is 5.10 Å². The van der Waals surface area contributed by atoms with Crippen molar-refractivity contribution in [2.75, 3.05) is 25.1 Å². The molecule has 5 nitrogen and oxygen atoms in total. The summed E-state index contributed by atoms with van der Waals surface area (Å²) in [6.07, 6.45) is 7.82. The van der Waals surface area contributed by atoms with Crippen molar-refractivity contribution >= 4 is 16.6 Å². The van der Waals surface area contributed by atoms with Gasteiger partial charge in [-0.25, -0.2) is 4.39 Å². The van der Waals surface area contributed by atoms with E-state index < -0.39 is 0 Å². The number of pyridine rings is 1. The van der Waals surface area contributed by atoms with Crippen LogP contribution < -0.4 is 9.64 Å². The molecule has 0 aliphatic carbocycles. The lowest BCUT2D eigenvalue weighted by molar-refractivity contribution is 0.342. The Kier molecular flexibility index (Phi) is 4.26. The van der Waals surface area contributed by atoms with E-state index in [0.29, 0.717) is 11.4 Å². The van der Waals surface area contributed by atoms with Gasteiger partial charge in [-0.05, 0) is 37.0 Å². The van der Waals surface area contributed by atoms with Crippen LogP contribution in [0.2, 0.25) is 0 Å². The first-order valence-electron chi connectivity index (χ1n) is 8.59. The normalized spacial score (nSPS) is 15.7. The van der Waals surface area contributed by atoms with Gasteiger partial charge in [0.2, 0.25) is 0 Å². The summed E-state index contributed by atoms with van der Waals surface area (Å²) in [6, 6.07) is 7.17. The number of nitrogens with zero attached hydrogens (tertiary/aromatic N) is 4. The minimum Gasteiger partial charge on any atom is -0.494 e. The summed E-state index contributed by atoms with van der Waals surface area (Å²) in [7, 11) is 1.49. The summed E-state index contributed by atoms with van der Waals surface area (Å²) in [5.74, 6) is 0.518. The molecule has 0 radical (unpaired) electrons. The van der Waals surface area contributed by atoms with Crippen LogP contribution in [-0.4, -0.2) is 35.0 Å². The number of ether oxygens (including phenoxy) is 1. The fraction of sp³-hybridized carbons (Fsp3) is 0.368. The third-order valence-electron chi connectivity index (χ3n) is 4.95. The Morgan fingerprint density at radius 2 is 2.08 bits per heavy atom. The van der Waals surface area contributed by atoms with Gasteiger partial charge in [-0.3, -0.25) is 9.67 Å². The molecule has 4 rings (SSSR count). The molecule has 3 heterocycles. The Morgan fingerprint density at radius 3 is 2.80 bits per heavy atom. The highest BCUT2D eigenvalue weighted by Gasteiger charge is 2.22. The number of hydrogen-bond donors (Lipinski definition) is 0. The lowest BCUT2D eigenvalue weighted by atomic mass is 9.96. The van der Waals surface area contributed by atoms with E-state index in [2.05, 4.69) is 15.0 Å². The fourth-order valence-electron chi connectivity index (χ4n) is 3.59. The number of aromatic nitrogens is 3. The van der Waals surface area contributed by atoms with Crippen molar-refractivity contribution in [3.8, 4) is 5.75 Å². The molecule has 1 aliphatic rings. The highest BCUT2D eigenvalue weighted by molar-refractivity contribution is 5.92. The second-order valence-electron chi connectivity index (χ2n) is 6.49. The molecular weight excluding hydrogens is 319 g/mol. The third kappa shape index (κ3) is 3.16. The zero-order valence-corrected chi connectivity index (χ0v) is 14.2. The number of halogens is 1. The van der Waals surface area contributed by atoms with E-state index >= 15 is 0 Å². The molecule has 0 amide bonds. The first kappa shape index (κ1) is 15.9. The lowest BCUT2D eigenvalue weighted by Crippen LogP contribution is -2.35. The van der Waals surface area contributed by atoms with Crippen molar-refractivity contribution in [2.24, 2.45) is 5.92 Å². The van der Waals surface area contributed by atoms with Crippen LogP contribution in [-0.2, 0) is 6.54 Å². The molecular formula is C19H21FN4O.